The van der Waals surface area contributed by atoms with Gasteiger partial charge in [-0.3, -0.25) is 4.79 Å². The smallest absolute Gasteiger partial charge is 0.410 e. The van der Waals surface area contributed by atoms with Crippen LogP contribution in [0.1, 0.15) is 50.4 Å². The minimum atomic E-state index is -0.367. The third kappa shape index (κ3) is 7.31. The number of carbonyl (C=O) groups is 2. The van der Waals surface area contributed by atoms with Crippen LogP contribution in [0.5, 0.6) is 5.75 Å². The number of nitrogens with one attached hydrogen (secondary N) is 1. The first-order valence-corrected chi connectivity index (χ1v) is 10.8. The van der Waals surface area contributed by atoms with E-state index >= 15 is 0 Å². The second-order valence-corrected chi connectivity index (χ2v) is 9.09. The number of rotatable bonds is 7. The molecule has 1 aliphatic rings. The van der Waals surface area contributed by atoms with Crippen molar-refractivity contribution in [2.45, 2.75) is 40.0 Å². The summed E-state index contributed by atoms with van der Waals surface area (Å²) in [5.41, 5.74) is 0.721. The summed E-state index contributed by atoms with van der Waals surface area (Å²) in [5, 5.41) is 6.94. The molecule has 0 aliphatic carbocycles. The Hall–Kier alpha value is -3.03. The molecule has 3 rings (SSSR count). The van der Waals surface area contributed by atoms with E-state index in [2.05, 4.69) is 31.2 Å². The molecule has 1 N–H and O–H groups in total. The predicted molar refractivity (Wildman–Crippen MR) is 117 cm³/mol. The third-order valence-electron chi connectivity index (χ3n) is 5.28. The molecular weight excluding hydrogens is 396 g/mol. The summed E-state index contributed by atoms with van der Waals surface area (Å²) < 4.78 is 5.48. The van der Waals surface area contributed by atoms with E-state index in [1.807, 2.05) is 6.07 Å². The van der Waals surface area contributed by atoms with Crippen LogP contribution in [0.3, 0.4) is 0 Å². The van der Waals surface area contributed by atoms with Gasteiger partial charge >= 0.3 is 6.09 Å². The number of nitrogens with zero attached hydrogens (tertiary/aromatic N) is 3. The summed E-state index contributed by atoms with van der Waals surface area (Å²) in [4.78, 5) is 33.4. The molecule has 8 heteroatoms. The minimum Gasteiger partial charge on any atom is -0.410 e. The van der Waals surface area contributed by atoms with E-state index in [1.165, 1.54) is 4.85 Å². The van der Waals surface area contributed by atoms with Crippen LogP contribution < -0.4 is 14.9 Å². The van der Waals surface area contributed by atoms with Gasteiger partial charge in [0.15, 0.2) is 0 Å². The fourth-order valence-electron chi connectivity index (χ4n) is 3.29. The molecule has 1 aromatic heterocycles. The van der Waals surface area contributed by atoms with E-state index in [0.717, 1.165) is 19.3 Å². The number of aromatic nitrogens is 2. The summed E-state index contributed by atoms with van der Waals surface area (Å²) in [7, 11) is 0. The zero-order chi connectivity index (χ0) is 22.3. The maximum atomic E-state index is 12.5. The molecule has 31 heavy (non-hydrogen) atoms. The van der Waals surface area contributed by atoms with Crippen molar-refractivity contribution in [1.29, 1.82) is 0 Å². The zero-order valence-electron chi connectivity index (χ0n) is 18.5. The number of piperidine rings is 1. The number of carbonyl (C=O) groups excluding carboxylic acids is 2. The van der Waals surface area contributed by atoms with Gasteiger partial charge in [-0.2, -0.15) is 0 Å². The van der Waals surface area contributed by atoms with Gasteiger partial charge in [0.1, 0.15) is 12.4 Å². The molecule has 2 aromatic rings. The lowest BCUT2D eigenvalue weighted by molar-refractivity contribution is 0.0366. The molecule has 0 radical (unpaired) electrons. The summed E-state index contributed by atoms with van der Waals surface area (Å²) in [5.74, 6) is 0.686. The maximum absolute atomic E-state index is 12.5. The topological polar surface area (TPSA) is 85.7 Å². The molecule has 1 saturated heterocycles. The lowest BCUT2D eigenvalue weighted by atomic mass is 9.92. The van der Waals surface area contributed by atoms with Crippen molar-refractivity contribution >= 4 is 12.0 Å². The van der Waals surface area contributed by atoms with Crippen molar-refractivity contribution in [3.05, 3.63) is 48.3 Å². The van der Waals surface area contributed by atoms with Crippen LogP contribution in [-0.2, 0) is 0 Å². The predicted octanol–water partition coefficient (Wildman–Crippen LogP) is 3.39. The van der Waals surface area contributed by atoms with Crippen LogP contribution in [-0.4, -0.2) is 53.1 Å². The van der Waals surface area contributed by atoms with Crippen molar-refractivity contribution < 1.29 is 19.2 Å². The summed E-state index contributed by atoms with van der Waals surface area (Å²) in [6.45, 7) is 8.87. The molecule has 1 fully saturated rings. The average molecular weight is 429 g/mol. The summed E-state index contributed by atoms with van der Waals surface area (Å²) in [6, 6.07) is 8.47. The van der Waals surface area contributed by atoms with Gasteiger partial charge in [-0.15, -0.1) is 9.94 Å². The Bertz CT molecular complexity index is 835. The molecule has 1 aliphatic heterocycles. The molecule has 0 bridgehead atoms. The zero-order valence-corrected chi connectivity index (χ0v) is 18.5. The van der Waals surface area contributed by atoms with E-state index in [1.54, 1.807) is 41.6 Å². The molecule has 0 unspecified atom stereocenters. The number of hydrogen-bond acceptors (Lipinski definition) is 5. The monoisotopic (exact) mass is 428 g/mol. The van der Waals surface area contributed by atoms with Gasteiger partial charge in [0.2, 0.25) is 0 Å². The molecule has 1 aromatic carbocycles. The lowest BCUT2D eigenvalue weighted by Crippen LogP contribution is -2.41. The Morgan fingerprint density at radius 2 is 1.87 bits per heavy atom. The first-order chi connectivity index (χ1) is 14.8. The number of hydrogen-bond donors (Lipinski definition) is 1. The van der Waals surface area contributed by atoms with E-state index in [9.17, 15) is 9.59 Å². The normalized spacial score (nSPS) is 14.9. The van der Waals surface area contributed by atoms with E-state index in [0.29, 0.717) is 43.5 Å². The van der Waals surface area contributed by atoms with Crippen molar-refractivity contribution in [2.75, 3.05) is 26.2 Å². The molecular formula is C23H32N4O4. The highest BCUT2D eigenvalue weighted by atomic mass is 16.7. The first-order valence-electron chi connectivity index (χ1n) is 10.8. The van der Waals surface area contributed by atoms with Gasteiger partial charge in [0.05, 0.1) is 12.4 Å². The standard InChI is InChI=1S/C23H32N4O4/c1-23(2,3)11-13-24-21(28)19-5-7-20(8-6-19)31-22(29)26-15-9-18(10-16-26)17-30-27-14-4-12-25-27/h4-8,12,14,18H,9-11,13,15-17H2,1-3H3,(H,24,28). The van der Waals surface area contributed by atoms with Crippen molar-refractivity contribution in [3.63, 3.8) is 0 Å². The van der Waals surface area contributed by atoms with Gasteiger partial charge in [0.25, 0.3) is 5.91 Å². The SMILES string of the molecule is CC(C)(C)CCNC(=O)c1ccc(OC(=O)N2CCC(COn3cccn3)CC2)cc1. The molecule has 168 valence electrons. The Balaban J connectivity index is 1.40. The fourth-order valence-corrected chi connectivity index (χ4v) is 3.29. The fraction of sp³-hybridized carbons (Fsp3) is 0.522. The van der Waals surface area contributed by atoms with Gasteiger partial charge in [-0.05, 0) is 60.9 Å². The number of amides is 2. The quantitative estimate of drug-likeness (QED) is 0.731. The van der Waals surface area contributed by atoms with Crippen LogP contribution in [0.4, 0.5) is 4.79 Å². The molecule has 2 heterocycles. The molecule has 0 saturated carbocycles. The minimum absolute atomic E-state index is 0.124. The summed E-state index contributed by atoms with van der Waals surface area (Å²) in [6.07, 6.45) is 5.67. The van der Waals surface area contributed by atoms with Gasteiger partial charge in [0, 0.05) is 25.2 Å². The third-order valence-corrected chi connectivity index (χ3v) is 5.28. The first kappa shape index (κ1) is 22.7. The van der Waals surface area contributed by atoms with Crippen LogP contribution in [0.25, 0.3) is 0 Å². The maximum Gasteiger partial charge on any atom is 0.415 e. The summed E-state index contributed by atoms with van der Waals surface area (Å²) >= 11 is 0. The largest absolute Gasteiger partial charge is 0.415 e. The molecule has 0 atom stereocenters. The Morgan fingerprint density at radius 1 is 1.16 bits per heavy atom. The van der Waals surface area contributed by atoms with Crippen molar-refractivity contribution in [3.8, 4) is 5.75 Å². The van der Waals surface area contributed by atoms with E-state index in [-0.39, 0.29) is 17.4 Å². The van der Waals surface area contributed by atoms with Gasteiger partial charge < -0.3 is 19.8 Å². The van der Waals surface area contributed by atoms with E-state index < -0.39 is 0 Å². The number of likely N-dealkylation sites (tertiary alicyclic amines) is 1. The Morgan fingerprint density at radius 3 is 2.48 bits per heavy atom. The molecule has 8 nitrogen and oxygen atoms in total. The Labute approximate surface area is 183 Å². The highest BCUT2D eigenvalue weighted by Crippen LogP contribution is 2.20. The average Bonchev–Trinajstić information content (AvgIpc) is 3.26. The lowest BCUT2D eigenvalue weighted by Gasteiger charge is -2.30. The Kier molecular flexibility index (Phi) is 7.55. The molecule has 0 spiro atoms. The van der Waals surface area contributed by atoms with Crippen LogP contribution in [0.15, 0.2) is 42.7 Å². The van der Waals surface area contributed by atoms with E-state index in [4.69, 9.17) is 9.57 Å². The second-order valence-electron chi connectivity index (χ2n) is 9.09. The van der Waals surface area contributed by atoms with Crippen LogP contribution >= 0.6 is 0 Å². The highest BCUT2D eigenvalue weighted by Gasteiger charge is 2.25. The van der Waals surface area contributed by atoms with Crippen LogP contribution in [0.2, 0.25) is 0 Å². The number of benzene rings is 1. The van der Waals surface area contributed by atoms with Crippen molar-refractivity contribution in [2.24, 2.45) is 11.3 Å². The van der Waals surface area contributed by atoms with Crippen molar-refractivity contribution in [1.82, 2.24) is 20.2 Å². The highest BCUT2D eigenvalue weighted by molar-refractivity contribution is 5.94. The molecule has 2 amide bonds. The van der Waals surface area contributed by atoms with Crippen LogP contribution in [0, 0.1) is 11.3 Å². The number of ether oxygens (including phenoxy) is 1. The van der Waals surface area contributed by atoms with Gasteiger partial charge in [-0.25, -0.2) is 4.79 Å². The van der Waals surface area contributed by atoms with Gasteiger partial charge in [-0.1, -0.05) is 20.8 Å². The second kappa shape index (κ2) is 10.3.